The van der Waals surface area contributed by atoms with E-state index >= 15 is 0 Å². The van der Waals surface area contributed by atoms with Gasteiger partial charge in [0.1, 0.15) is 0 Å². The fourth-order valence-electron chi connectivity index (χ4n) is 11.8. The van der Waals surface area contributed by atoms with Crippen LogP contribution in [0.3, 0.4) is 0 Å². The van der Waals surface area contributed by atoms with E-state index in [4.69, 9.17) is 4.74 Å². The van der Waals surface area contributed by atoms with Crippen molar-refractivity contribution in [2.45, 2.75) is 431 Å². The number of unbranched alkanes of at least 4 members (excludes halogenated alkanes) is 56. The third-order valence-corrected chi connectivity index (χ3v) is 17.3. The predicted molar refractivity (Wildman–Crippen MR) is 347 cm³/mol. The highest BCUT2D eigenvalue weighted by Gasteiger charge is 2.20. The molecule has 1 amide bonds. The number of ether oxygens (including phenoxy) is 1. The molecule has 0 bridgehead atoms. The molecule has 0 saturated carbocycles. The first-order valence-electron chi connectivity index (χ1n) is 36.4. The second-order valence-corrected chi connectivity index (χ2v) is 25.3. The molecule has 470 valence electrons. The Labute approximate surface area is 495 Å². The molecule has 0 saturated heterocycles. The number of hydrogen-bond donors (Lipinski definition) is 3. The molecule has 0 fully saturated rings. The van der Waals surface area contributed by atoms with Crippen molar-refractivity contribution in [3.05, 3.63) is 12.2 Å². The number of carbonyl (C=O) groups is 2. The topological polar surface area (TPSA) is 95.9 Å². The van der Waals surface area contributed by atoms with Crippen molar-refractivity contribution in [1.82, 2.24) is 5.32 Å². The van der Waals surface area contributed by atoms with Crippen LogP contribution in [0.25, 0.3) is 0 Å². The molecule has 2 unspecified atom stereocenters. The number of carbonyl (C=O) groups excluding carboxylic acids is 2. The summed E-state index contributed by atoms with van der Waals surface area (Å²) < 4.78 is 5.50. The molecule has 0 heterocycles. The Hall–Kier alpha value is -1.40. The van der Waals surface area contributed by atoms with Gasteiger partial charge in [0.15, 0.2) is 0 Å². The molecule has 0 aliphatic carbocycles. The number of amides is 1. The highest BCUT2D eigenvalue weighted by atomic mass is 16.5. The molecule has 0 rings (SSSR count). The van der Waals surface area contributed by atoms with Crippen LogP contribution >= 0.6 is 0 Å². The lowest BCUT2D eigenvalue weighted by molar-refractivity contribution is -0.143. The largest absolute Gasteiger partial charge is 0.466 e. The minimum absolute atomic E-state index is 0.0136. The van der Waals surface area contributed by atoms with E-state index in [1.54, 1.807) is 0 Å². The molecule has 6 heteroatoms. The van der Waals surface area contributed by atoms with Gasteiger partial charge >= 0.3 is 5.97 Å². The van der Waals surface area contributed by atoms with Crippen molar-refractivity contribution in [3.63, 3.8) is 0 Å². The maximum atomic E-state index is 12.6. The van der Waals surface area contributed by atoms with Crippen molar-refractivity contribution in [1.29, 1.82) is 0 Å². The van der Waals surface area contributed by atoms with Crippen molar-refractivity contribution in [2.75, 3.05) is 13.2 Å². The van der Waals surface area contributed by atoms with Crippen LogP contribution in [-0.2, 0) is 14.3 Å². The van der Waals surface area contributed by atoms with E-state index in [9.17, 15) is 19.8 Å². The Kier molecular flexibility index (Phi) is 67.9. The normalized spacial score (nSPS) is 12.5. The zero-order chi connectivity index (χ0) is 57.1. The Bertz CT molecular complexity index is 1190. The lowest BCUT2D eigenvalue weighted by Gasteiger charge is -2.22. The number of rotatable bonds is 69. The summed E-state index contributed by atoms with van der Waals surface area (Å²) in [5.41, 5.74) is 0. The molecule has 0 aromatic rings. The highest BCUT2D eigenvalue weighted by Crippen LogP contribution is 2.19. The van der Waals surface area contributed by atoms with Gasteiger partial charge in [0.25, 0.3) is 0 Å². The van der Waals surface area contributed by atoms with E-state index in [0.29, 0.717) is 25.9 Å². The van der Waals surface area contributed by atoms with Gasteiger partial charge < -0.3 is 20.3 Å². The molecule has 0 aromatic carbocycles. The molecule has 79 heavy (non-hydrogen) atoms. The van der Waals surface area contributed by atoms with Gasteiger partial charge in [0, 0.05) is 12.8 Å². The Morgan fingerprint density at radius 2 is 0.595 bits per heavy atom. The summed E-state index contributed by atoms with van der Waals surface area (Å²) in [5, 5.41) is 23.4. The minimum Gasteiger partial charge on any atom is -0.466 e. The molecule has 2 atom stereocenters. The molecule has 3 N–H and O–H groups in total. The molecule has 0 spiro atoms. The Morgan fingerprint density at radius 1 is 0.342 bits per heavy atom. The predicted octanol–water partition coefficient (Wildman–Crippen LogP) is 23.5. The van der Waals surface area contributed by atoms with Crippen LogP contribution in [0, 0.1) is 0 Å². The first-order chi connectivity index (χ1) is 39.0. The van der Waals surface area contributed by atoms with Gasteiger partial charge in [0.05, 0.1) is 25.4 Å². The summed E-state index contributed by atoms with van der Waals surface area (Å²) in [6, 6.07) is -0.548. The second kappa shape index (κ2) is 69.1. The van der Waals surface area contributed by atoms with Crippen molar-refractivity contribution in [2.24, 2.45) is 0 Å². The van der Waals surface area contributed by atoms with E-state index in [0.717, 1.165) is 38.5 Å². The quantitative estimate of drug-likeness (QED) is 0.0320. The van der Waals surface area contributed by atoms with Gasteiger partial charge in [-0.1, -0.05) is 366 Å². The number of allylic oxidation sites excluding steroid dienone is 2. The molecular weight excluding hydrogens is 971 g/mol. The number of nitrogens with one attached hydrogen (secondary N) is 1. The SMILES string of the molecule is CCCCCCCCCCCCCCCCCCCCCCCCCCC(O)C(CO)NC(=O)CCCCCCCCC/C=C\CCCCCCCCCCCCOC(=O)CCCCCCCCCCCCCCCCCCC. The third kappa shape index (κ3) is 65.6. The average Bonchev–Trinajstić information content (AvgIpc) is 3.45. The zero-order valence-corrected chi connectivity index (χ0v) is 53.9. The fraction of sp³-hybridized carbons (Fsp3) is 0.945. The molecule has 0 radical (unpaired) electrons. The van der Waals surface area contributed by atoms with Gasteiger partial charge in [-0.15, -0.1) is 0 Å². The first kappa shape index (κ1) is 77.6. The summed E-state index contributed by atoms with van der Waals surface area (Å²) in [7, 11) is 0. The second-order valence-electron chi connectivity index (χ2n) is 25.3. The van der Waals surface area contributed by atoms with Crippen LogP contribution < -0.4 is 5.32 Å². The number of aliphatic hydroxyl groups is 2. The molecule has 0 aromatic heterocycles. The number of aliphatic hydroxyl groups excluding tert-OH is 2. The summed E-state index contributed by atoms with van der Waals surface area (Å²) in [6.07, 6.45) is 85.5. The fourth-order valence-corrected chi connectivity index (χ4v) is 11.8. The monoisotopic (exact) mass is 1110 g/mol. The van der Waals surface area contributed by atoms with Crippen molar-refractivity contribution in [3.8, 4) is 0 Å². The Morgan fingerprint density at radius 3 is 0.899 bits per heavy atom. The lowest BCUT2D eigenvalue weighted by atomic mass is 10.0. The van der Waals surface area contributed by atoms with E-state index < -0.39 is 12.1 Å². The van der Waals surface area contributed by atoms with Crippen LogP contribution in [0.1, 0.15) is 418 Å². The molecule has 0 aliphatic heterocycles. The summed E-state index contributed by atoms with van der Waals surface area (Å²) in [4.78, 5) is 24.7. The van der Waals surface area contributed by atoms with Crippen molar-refractivity contribution >= 4 is 11.9 Å². The number of hydrogen-bond acceptors (Lipinski definition) is 5. The molecular formula is C73H143NO5. The van der Waals surface area contributed by atoms with Crippen LogP contribution in [0.4, 0.5) is 0 Å². The maximum absolute atomic E-state index is 12.6. The van der Waals surface area contributed by atoms with Gasteiger partial charge in [-0.05, 0) is 51.4 Å². The standard InChI is InChI=1S/C73H143NO5/c1-3-5-7-9-11-13-15-17-19-21-22-23-24-25-27-30-34-37-41-45-49-53-57-61-65-71(76)70(69-75)74-72(77)66-62-58-54-50-46-42-38-35-31-28-26-29-32-36-40-44-48-52-56-60-64-68-79-73(78)67-63-59-55-51-47-43-39-33-20-18-16-14-12-10-8-6-4-2/h28,31,70-71,75-76H,3-27,29-30,32-69H2,1-2H3,(H,74,77)/b31-28-. The molecule has 6 nitrogen and oxygen atoms in total. The lowest BCUT2D eigenvalue weighted by Crippen LogP contribution is -2.45. The van der Waals surface area contributed by atoms with Gasteiger partial charge in [-0.2, -0.15) is 0 Å². The van der Waals surface area contributed by atoms with E-state index in [2.05, 4.69) is 31.3 Å². The molecule has 0 aliphatic rings. The first-order valence-corrected chi connectivity index (χ1v) is 36.4. The van der Waals surface area contributed by atoms with Gasteiger partial charge in [-0.25, -0.2) is 0 Å². The van der Waals surface area contributed by atoms with Gasteiger partial charge in [-0.3, -0.25) is 9.59 Å². The van der Waals surface area contributed by atoms with E-state index in [1.807, 2.05) is 0 Å². The summed E-state index contributed by atoms with van der Waals surface area (Å²) >= 11 is 0. The van der Waals surface area contributed by atoms with Crippen LogP contribution in [-0.4, -0.2) is 47.4 Å². The van der Waals surface area contributed by atoms with Crippen molar-refractivity contribution < 1.29 is 24.5 Å². The summed E-state index contributed by atoms with van der Waals surface area (Å²) in [5.74, 6) is -0.0237. The summed E-state index contributed by atoms with van der Waals surface area (Å²) in [6.45, 7) is 5.00. The van der Waals surface area contributed by atoms with Crippen LogP contribution in [0.5, 0.6) is 0 Å². The third-order valence-electron chi connectivity index (χ3n) is 17.3. The minimum atomic E-state index is -0.670. The average molecular weight is 1110 g/mol. The van der Waals surface area contributed by atoms with E-state index in [-0.39, 0.29) is 18.5 Å². The van der Waals surface area contributed by atoms with Crippen LogP contribution in [0.2, 0.25) is 0 Å². The Balaban J connectivity index is 3.40. The highest BCUT2D eigenvalue weighted by molar-refractivity contribution is 5.76. The number of esters is 1. The zero-order valence-electron chi connectivity index (χ0n) is 53.9. The maximum Gasteiger partial charge on any atom is 0.305 e. The van der Waals surface area contributed by atoms with Gasteiger partial charge in [0.2, 0.25) is 5.91 Å². The van der Waals surface area contributed by atoms with Crippen LogP contribution in [0.15, 0.2) is 12.2 Å². The smallest absolute Gasteiger partial charge is 0.305 e. The van der Waals surface area contributed by atoms with E-state index in [1.165, 1.54) is 347 Å².